The first-order valence-electron chi connectivity index (χ1n) is 7.63. The van der Waals surface area contributed by atoms with Crippen LogP contribution < -0.4 is 4.90 Å². The van der Waals surface area contributed by atoms with Crippen molar-refractivity contribution >= 4 is 58.8 Å². The van der Waals surface area contributed by atoms with E-state index in [0.29, 0.717) is 23.1 Å². The van der Waals surface area contributed by atoms with Crippen LogP contribution >= 0.6 is 35.6 Å². The molecule has 2 aromatic carbocycles. The molecule has 0 amide bonds. The number of non-ortho nitro benzene ring substituents is 1. The lowest BCUT2D eigenvalue weighted by molar-refractivity contribution is -0.384. The quantitative estimate of drug-likeness (QED) is 0.509. The molecule has 0 bridgehead atoms. The highest BCUT2D eigenvalue weighted by Gasteiger charge is 2.18. The second-order valence-electron chi connectivity index (χ2n) is 5.65. The smallest absolute Gasteiger partial charge is 0.271 e. The van der Waals surface area contributed by atoms with E-state index in [4.69, 9.17) is 23.2 Å². The number of benzodiazepines with no additional fused rings is 1. The average molecular weight is 413 g/mol. The number of aliphatic imine (C=N–C) groups is 1. The van der Waals surface area contributed by atoms with Crippen LogP contribution in [0.1, 0.15) is 11.1 Å². The van der Waals surface area contributed by atoms with Gasteiger partial charge in [0.25, 0.3) is 5.69 Å². The zero-order valence-electron chi connectivity index (χ0n) is 13.9. The number of rotatable bonds is 3. The molecule has 0 spiro atoms. The predicted molar refractivity (Wildman–Crippen MR) is 111 cm³/mol. The van der Waals surface area contributed by atoms with Crippen LogP contribution in [0.15, 0.2) is 47.5 Å². The minimum absolute atomic E-state index is 0. The molecule has 0 atom stereocenters. The third-order valence-electron chi connectivity index (χ3n) is 3.97. The van der Waals surface area contributed by atoms with Crippen LogP contribution in [0.2, 0.25) is 10.0 Å². The van der Waals surface area contributed by atoms with Gasteiger partial charge < -0.3 is 4.90 Å². The van der Waals surface area contributed by atoms with Crippen molar-refractivity contribution < 1.29 is 4.92 Å². The Labute approximate surface area is 167 Å². The van der Waals surface area contributed by atoms with Crippen molar-refractivity contribution in [3.8, 4) is 0 Å². The fourth-order valence-corrected chi connectivity index (χ4v) is 2.93. The van der Waals surface area contributed by atoms with Crippen LogP contribution in [-0.2, 0) is 0 Å². The van der Waals surface area contributed by atoms with E-state index < -0.39 is 0 Å². The van der Waals surface area contributed by atoms with Gasteiger partial charge in [0.15, 0.2) is 0 Å². The van der Waals surface area contributed by atoms with Crippen molar-refractivity contribution in [3.05, 3.63) is 73.8 Å². The highest BCUT2D eigenvalue weighted by Crippen LogP contribution is 2.28. The minimum atomic E-state index is -0.388. The molecule has 0 radical (unpaired) electrons. The first kappa shape index (κ1) is 20.2. The number of anilines is 1. The summed E-state index contributed by atoms with van der Waals surface area (Å²) in [7, 11) is 1.91. The summed E-state index contributed by atoms with van der Waals surface area (Å²) in [4.78, 5) is 17.2. The van der Waals surface area contributed by atoms with E-state index in [1.165, 1.54) is 6.07 Å². The second-order valence-corrected chi connectivity index (χ2v) is 6.47. The molecule has 1 heterocycles. The first-order valence-corrected chi connectivity index (χ1v) is 8.39. The third kappa shape index (κ3) is 4.36. The molecule has 1 aliphatic heterocycles. The fourth-order valence-electron chi connectivity index (χ4n) is 2.63. The summed E-state index contributed by atoms with van der Waals surface area (Å²) < 4.78 is 0. The molecule has 0 N–H and O–H groups in total. The van der Waals surface area contributed by atoms with E-state index in [0.717, 1.165) is 22.5 Å². The molecular weight excluding hydrogens is 397 g/mol. The van der Waals surface area contributed by atoms with Gasteiger partial charge in [-0.1, -0.05) is 35.3 Å². The maximum absolute atomic E-state index is 11.1. The summed E-state index contributed by atoms with van der Waals surface area (Å²) >= 11 is 12.0. The Balaban J connectivity index is 0.00000243. The first-order chi connectivity index (χ1) is 12.0. The van der Waals surface area contributed by atoms with Crippen LogP contribution in [0.5, 0.6) is 0 Å². The van der Waals surface area contributed by atoms with E-state index in [1.54, 1.807) is 24.3 Å². The molecule has 26 heavy (non-hydrogen) atoms. The highest BCUT2D eigenvalue weighted by atomic mass is 35.5. The van der Waals surface area contributed by atoms with Gasteiger partial charge in [0, 0.05) is 31.3 Å². The maximum atomic E-state index is 11.1. The number of allylic oxidation sites excluding steroid dienone is 1. The van der Waals surface area contributed by atoms with Crippen LogP contribution in [0, 0.1) is 10.1 Å². The van der Waals surface area contributed by atoms with Crippen LogP contribution in [0.3, 0.4) is 0 Å². The lowest BCUT2D eigenvalue weighted by Gasteiger charge is -2.18. The zero-order chi connectivity index (χ0) is 18.0. The van der Waals surface area contributed by atoms with Gasteiger partial charge in [-0.15, -0.1) is 12.4 Å². The van der Waals surface area contributed by atoms with E-state index >= 15 is 0 Å². The topological polar surface area (TPSA) is 58.7 Å². The van der Waals surface area contributed by atoms with Gasteiger partial charge in [-0.3, -0.25) is 15.1 Å². The number of nitro benzene ring substituents is 1. The zero-order valence-corrected chi connectivity index (χ0v) is 16.2. The molecule has 0 saturated carbocycles. The van der Waals surface area contributed by atoms with E-state index in [9.17, 15) is 10.1 Å². The van der Waals surface area contributed by atoms with Crippen molar-refractivity contribution in [1.29, 1.82) is 0 Å². The number of fused-ring (bicyclic) bond motifs is 1. The maximum Gasteiger partial charge on any atom is 0.271 e. The Morgan fingerprint density at radius 2 is 1.92 bits per heavy atom. The monoisotopic (exact) mass is 411 g/mol. The number of benzene rings is 2. The molecule has 0 saturated heterocycles. The Kier molecular flexibility index (Phi) is 6.64. The summed E-state index contributed by atoms with van der Waals surface area (Å²) in [5.74, 6) is 0. The normalized spacial score (nSPS) is 13.7. The van der Waals surface area contributed by atoms with Crippen LogP contribution in [-0.4, -0.2) is 30.8 Å². The highest BCUT2D eigenvalue weighted by molar-refractivity contribution is 6.42. The number of hydrogen-bond donors (Lipinski definition) is 0. The average Bonchev–Trinajstić information content (AvgIpc) is 2.75. The third-order valence-corrected chi connectivity index (χ3v) is 4.71. The summed E-state index contributed by atoms with van der Waals surface area (Å²) in [6.07, 6.45) is 3.79. The molecule has 5 nitrogen and oxygen atoms in total. The number of nitrogens with zero attached hydrogens (tertiary/aromatic N) is 3. The van der Waals surface area contributed by atoms with Crippen LogP contribution in [0.4, 0.5) is 11.4 Å². The summed E-state index contributed by atoms with van der Waals surface area (Å²) in [5, 5.41) is 12.0. The molecule has 0 unspecified atom stereocenters. The molecule has 1 aliphatic rings. The number of nitro groups is 1. The Morgan fingerprint density at radius 1 is 1.15 bits per heavy atom. The lowest BCUT2D eigenvalue weighted by Crippen LogP contribution is -2.20. The molecule has 0 aromatic heterocycles. The fraction of sp³-hybridized carbons (Fsp3) is 0.167. The Morgan fingerprint density at radius 3 is 2.62 bits per heavy atom. The van der Waals surface area contributed by atoms with Gasteiger partial charge in [-0.2, -0.15) is 0 Å². The SMILES string of the molecule is CN1CCN=C(/C=C/c2ccc(Cl)c(Cl)c2)c2ccc([N+](=O)[O-])cc21.Cl. The Bertz CT molecular complexity index is 897. The summed E-state index contributed by atoms with van der Waals surface area (Å²) in [6.45, 7) is 1.30. The molecule has 8 heteroatoms. The van der Waals surface area contributed by atoms with Gasteiger partial charge >= 0.3 is 0 Å². The standard InChI is InChI=1S/C18H15Cl2N3O2.ClH/c1-22-9-8-21-17(7-3-12-2-6-15(19)16(20)10-12)14-5-4-13(23(24)25)11-18(14)22;/h2-7,10-11H,8-9H2,1H3;1H/b7-3+;. The van der Waals surface area contributed by atoms with Gasteiger partial charge in [-0.25, -0.2) is 0 Å². The number of hydrogen-bond acceptors (Lipinski definition) is 4. The predicted octanol–water partition coefficient (Wildman–Crippen LogP) is 5.28. The van der Waals surface area contributed by atoms with E-state index in [1.807, 2.05) is 30.2 Å². The van der Waals surface area contributed by atoms with Crippen molar-refractivity contribution in [2.75, 3.05) is 25.0 Å². The molecule has 0 aliphatic carbocycles. The number of halogens is 3. The van der Waals surface area contributed by atoms with Gasteiger partial charge in [0.05, 0.1) is 32.9 Å². The molecule has 136 valence electrons. The van der Waals surface area contributed by atoms with Gasteiger partial charge in [-0.05, 0) is 29.8 Å². The van der Waals surface area contributed by atoms with Crippen molar-refractivity contribution in [1.82, 2.24) is 0 Å². The summed E-state index contributed by atoms with van der Waals surface area (Å²) in [5.41, 5.74) is 3.41. The van der Waals surface area contributed by atoms with Crippen molar-refractivity contribution in [2.45, 2.75) is 0 Å². The molecule has 2 aromatic rings. The molecule has 3 rings (SSSR count). The van der Waals surface area contributed by atoms with Crippen LogP contribution in [0.25, 0.3) is 6.08 Å². The summed E-state index contributed by atoms with van der Waals surface area (Å²) in [6, 6.07) is 10.2. The van der Waals surface area contributed by atoms with E-state index in [2.05, 4.69) is 4.99 Å². The molecular formula is C18H16Cl3N3O2. The minimum Gasteiger partial charge on any atom is -0.372 e. The van der Waals surface area contributed by atoms with Crippen molar-refractivity contribution in [3.63, 3.8) is 0 Å². The second kappa shape index (κ2) is 8.54. The van der Waals surface area contributed by atoms with Crippen molar-refractivity contribution in [2.24, 2.45) is 4.99 Å². The lowest BCUT2D eigenvalue weighted by atomic mass is 10.0. The number of likely N-dealkylation sites (N-methyl/N-ethyl adjacent to an activating group) is 1. The largest absolute Gasteiger partial charge is 0.372 e. The Hall–Kier alpha value is -2.08. The molecule has 0 fully saturated rings. The van der Waals surface area contributed by atoms with Gasteiger partial charge in [0.2, 0.25) is 0 Å². The van der Waals surface area contributed by atoms with E-state index in [-0.39, 0.29) is 23.0 Å². The van der Waals surface area contributed by atoms with Gasteiger partial charge in [0.1, 0.15) is 0 Å².